The smallest absolute Gasteiger partial charge is 0.343 e. The minimum absolute atomic E-state index is 0.0795. The molecule has 0 bridgehead atoms. The molecule has 4 aromatic rings. The Morgan fingerprint density at radius 3 is 2.30 bits per heavy atom. The van der Waals surface area contributed by atoms with Crippen molar-refractivity contribution in [2.24, 2.45) is 46.3 Å². The van der Waals surface area contributed by atoms with Crippen LogP contribution in [0.15, 0.2) is 60.2 Å². The van der Waals surface area contributed by atoms with E-state index in [0.717, 1.165) is 93.2 Å². The zero-order chi connectivity index (χ0) is 39.7. The maximum absolute atomic E-state index is 13.7. The average Bonchev–Trinajstić information content (AvgIpc) is 3.56. The van der Waals surface area contributed by atoms with Crippen molar-refractivity contribution in [3.8, 4) is 5.75 Å². The fraction of sp³-hybridized carbons (Fsp3) is 0.612. The van der Waals surface area contributed by atoms with Crippen LogP contribution in [0.4, 0.5) is 0 Å². The van der Waals surface area contributed by atoms with E-state index < -0.39 is 37.0 Å². The second-order valence-electron chi connectivity index (χ2n) is 19.5. The molecule has 0 spiro atoms. The molecule has 4 aromatic carbocycles. The van der Waals surface area contributed by atoms with E-state index in [4.69, 9.17) is 4.74 Å². The van der Waals surface area contributed by atoms with Gasteiger partial charge in [-0.3, -0.25) is 0 Å². The third kappa shape index (κ3) is 6.58. The van der Waals surface area contributed by atoms with Crippen molar-refractivity contribution in [2.45, 2.75) is 136 Å². The number of ether oxygens (including phenoxy) is 1. The van der Waals surface area contributed by atoms with Gasteiger partial charge >= 0.3 is 5.97 Å². The molecule has 5 N–H and O–H groups in total. The Kier molecular flexibility index (Phi) is 10.8. The maximum Gasteiger partial charge on any atom is 0.343 e. The number of benzene rings is 4. The first-order valence-corrected chi connectivity index (χ1v) is 21.7. The lowest BCUT2D eigenvalue weighted by molar-refractivity contribution is -0.161. The summed E-state index contributed by atoms with van der Waals surface area (Å²) in [4.78, 5) is 13.7. The van der Waals surface area contributed by atoms with Gasteiger partial charge in [0.25, 0.3) is 0 Å². The van der Waals surface area contributed by atoms with Gasteiger partial charge in [-0.2, -0.15) is 0 Å². The number of carbonyl (C=O) groups excluding carboxylic acids is 1. The van der Waals surface area contributed by atoms with Crippen LogP contribution in [-0.2, 0) is 4.79 Å². The first-order chi connectivity index (χ1) is 26.8. The molecule has 12 atom stereocenters. The van der Waals surface area contributed by atoms with Crippen LogP contribution >= 0.6 is 0 Å². The van der Waals surface area contributed by atoms with E-state index in [1.807, 2.05) is 18.2 Å². The SMILES string of the molecule is CC(C)CCC[C@@H](C)[C@H]1CCC2C3CC=C4CC(c5cc6ccc7cccc8ccc(c5OC(=O)C(O)C(O)C(O)C(O)CO)c6c78)CC[C@]4(C)C3CC[C@@]21C. The van der Waals surface area contributed by atoms with Gasteiger partial charge in [0.1, 0.15) is 24.1 Å². The molecular formula is C49H64O7. The molecule has 0 radical (unpaired) electrons. The van der Waals surface area contributed by atoms with Crippen LogP contribution < -0.4 is 4.74 Å². The summed E-state index contributed by atoms with van der Waals surface area (Å²) in [6.45, 7) is 11.6. The lowest BCUT2D eigenvalue weighted by atomic mass is 9.46. The number of hydrogen-bond acceptors (Lipinski definition) is 7. The number of rotatable bonds is 12. The van der Waals surface area contributed by atoms with Crippen molar-refractivity contribution in [3.63, 3.8) is 0 Å². The zero-order valence-corrected chi connectivity index (χ0v) is 34.1. The Labute approximate surface area is 332 Å². The third-order valence-electron chi connectivity index (χ3n) is 16.1. The normalized spacial score (nSPS) is 31.8. The molecule has 7 heteroatoms. The highest BCUT2D eigenvalue weighted by molar-refractivity contribution is 6.24. The third-order valence-corrected chi connectivity index (χ3v) is 16.1. The predicted octanol–water partition coefficient (Wildman–Crippen LogP) is 9.05. The highest BCUT2D eigenvalue weighted by Crippen LogP contribution is 2.68. The fourth-order valence-corrected chi connectivity index (χ4v) is 13.0. The Morgan fingerprint density at radius 1 is 0.839 bits per heavy atom. The van der Waals surface area contributed by atoms with Gasteiger partial charge in [-0.15, -0.1) is 0 Å². The van der Waals surface area contributed by atoms with E-state index in [1.54, 1.807) is 0 Å². The van der Waals surface area contributed by atoms with Gasteiger partial charge in [0.05, 0.1) is 6.61 Å². The van der Waals surface area contributed by atoms with E-state index in [2.05, 4.69) is 71.0 Å². The number of allylic oxidation sites excluding steroid dienone is 2. The number of hydrogen-bond donors (Lipinski definition) is 5. The quantitative estimate of drug-likeness (QED) is 0.0422. The van der Waals surface area contributed by atoms with Crippen LogP contribution in [0.1, 0.15) is 117 Å². The average molecular weight is 765 g/mol. The monoisotopic (exact) mass is 764 g/mol. The van der Waals surface area contributed by atoms with Crippen LogP contribution in [0.3, 0.4) is 0 Å². The summed E-state index contributed by atoms with van der Waals surface area (Å²) in [6.07, 6.45) is 8.19. The van der Waals surface area contributed by atoms with Gasteiger partial charge in [0, 0.05) is 10.8 Å². The largest absolute Gasteiger partial charge is 0.424 e. The second-order valence-corrected chi connectivity index (χ2v) is 19.5. The lowest BCUT2D eigenvalue weighted by Gasteiger charge is -2.58. The van der Waals surface area contributed by atoms with Crippen molar-refractivity contribution in [2.75, 3.05) is 6.61 Å². The van der Waals surface area contributed by atoms with Crippen LogP contribution in [0.25, 0.3) is 32.3 Å². The fourth-order valence-electron chi connectivity index (χ4n) is 13.0. The molecule has 8 unspecified atom stereocenters. The summed E-state index contributed by atoms with van der Waals surface area (Å²) < 4.78 is 6.15. The van der Waals surface area contributed by atoms with Gasteiger partial charge in [-0.05, 0) is 143 Å². The van der Waals surface area contributed by atoms with Crippen LogP contribution in [-0.4, -0.2) is 62.5 Å². The Hall–Kier alpha value is -3.07. The van der Waals surface area contributed by atoms with E-state index in [9.17, 15) is 30.3 Å². The molecule has 0 amide bonds. The molecular weight excluding hydrogens is 701 g/mol. The van der Waals surface area contributed by atoms with Crippen LogP contribution in [0.5, 0.6) is 5.75 Å². The zero-order valence-electron chi connectivity index (χ0n) is 34.1. The molecule has 302 valence electrons. The molecule has 8 rings (SSSR count). The molecule has 4 aliphatic rings. The van der Waals surface area contributed by atoms with Crippen LogP contribution in [0, 0.1) is 46.3 Å². The topological polar surface area (TPSA) is 127 Å². The van der Waals surface area contributed by atoms with Gasteiger partial charge in [0.2, 0.25) is 0 Å². The summed E-state index contributed by atoms with van der Waals surface area (Å²) >= 11 is 0. The number of aliphatic hydroxyl groups is 5. The number of esters is 1. The number of aliphatic hydroxyl groups excluding tert-OH is 5. The molecule has 56 heavy (non-hydrogen) atoms. The minimum atomic E-state index is -2.14. The number of carbonyl (C=O) groups is 1. The van der Waals surface area contributed by atoms with Crippen molar-refractivity contribution >= 4 is 38.3 Å². The molecule has 3 fully saturated rings. The Bertz CT molecular complexity index is 2070. The first-order valence-electron chi connectivity index (χ1n) is 21.7. The van der Waals surface area contributed by atoms with E-state index in [1.165, 1.54) is 50.5 Å². The van der Waals surface area contributed by atoms with Crippen molar-refractivity contribution in [1.82, 2.24) is 0 Å². The summed E-state index contributed by atoms with van der Waals surface area (Å²) in [5.74, 6) is 3.93. The summed E-state index contributed by atoms with van der Waals surface area (Å²) in [5.41, 5.74) is 3.02. The summed E-state index contributed by atoms with van der Waals surface area (Å²) in [5, 5.41) is 57.1. The summed E-state index contributed by atoms with van der Waals surface area (Å²) in [6, 6.07) is 16.7. The van der Waals surface area contributed by atoms with Crippen molar-refractivity contribution in [1.29, 1.82) is 0 Å². The van der Waals surface area contributed by atoms with Gasteiger partial charge in [0.15, 0.2) is 6.10 Å². The van der Waals surface area contributed by atoms with Gasteiger partial charge in [-0.1, -0.05) is 102 Å². The predicted molar refractivity (Wildman–Crippen MR) is 223 cm³/mol. The molecule has 7 nitrogen and oxygen atoms in total. The van der Waals surface area contributed by atoms with E-state index in [0.29, 0.717) is 17.1 Å². The van der Waals surface area contributed by atoms with Crippen LogP contribution in [0.2, 0.25) is 0 Å². The van der Waals surface area contributed by atoms with Crippen molar-refractivity contribution in [3.05, 3.63) is 65.7 Å². The Morgan fingerprint density at radius 2 is 1.57 bits per heavy atom. The molecule has 0 saturated heterocycles. The van der Waals surface area contributed by atoms with E-state index >= 15 is 0 Å². The first kappa shape index (κ1) is 39.7. The maximum atomic E-state index is 13.7. The summed E-state index contributed by atoms with van der Waals surface area (Å²) in [7, 11) is 0. The standard InChI is InChI=1S/C49H64O7/c1-27(2)8-6-9-28(3)37-18-19-38-34-17-15-33-24-31(20-22-48(33,4)39(34)21-23-49(37,38)5)36-25-32-13-12-29-10-7-11-30-14-16-35(42(32)41(29)30)46(36)56-47(55)45(54)44(53)43(52)40(51)26-50/h7,10-16,25,27-28,31,34,37-40,43-45,50-54H,6,8-9,17-24,26H2,1-5H3/t28-,31?,34?,37-,38?,39?,40?,43?,44?,45?,48+,49-/m1/s1. The highest BCUT2D eigenvalue weighted by atomic mass is 16.6. The molecule has 0 aromatic heterocycles. The number of fused-ring (bicyclic) bond motifs is 5. The molecule has 3 saturated carbocycles. The second kappa shape index (κ2) is 15.3. The molecule has 0 heterocycles. The van der Waals surface area contributed by atoms with E-state index in [-0.39, 0.29) is 11.3 Å². The minimum Gasteiger partial charge on any atom is -0.424 e. The van der Waals surface area contributed by atoms with Gasteiger partial charge < -0.3 is 30.3 Å². The highest BCUT2D eigenvalue weighted by Gasteiger charge is 2.59. The Balaban J connectivity index is 1.10. The molecule has 4 aliphatic carbocycles. The lowest BCUT2D eigenvalue weighted by Crippen LogP contribution is -2.50. The molecule has 0 aliphatic heterocycles. The van der Waals surface area contributed by atoms with Crippen molar-refractivity contribution < 1.29 is 35.1 Å². The van der Waals surface area contributed by atoms with Gasteiger partial charge in [-0.25, -0.2) is 4.79 Å².